The van der Waals surface area contributed by atoms with Crippen molar-refractivity contribution in [3.8, 4) is 23.0 Å². The topological polar surface area (TPSA) is 223 Å². The van der Waals surface area contributed by atoms with Crippen molar-refractivity contribution >= 4 is 5.78 Å². The van der Waals surface area contributed by atoms with E-state index in [9.17, 15) is 40.5 Å². The molecule has 0 spiro atoms. The van der Waals surface area contributed by atoms with Crippen LogP contribution in [0.15, 0.2) is 36.4 Å². The average molecular weight is 639 g/mol. The van der Waals surface area contributed by atoms with Gasteiger partial charge < -0.3 is 68.9 Å². The van der Waals surface area contributed by atoms with Crippen molar-refractivity contribution in [1.82, 2.24) is 0 Å². The molecule has 2 aromatic rings. The lowest BCUT2D eigenvalue weighted by atomic mass is 9.85. The number of aliphatic hydroxyl groups is 7. The Labute approximate surface area is 258 Å². The molecule has 0 saturated carbocycles. The molecule has 3 heterocycles. The fourth-order valence-corrected chi connectivity index (χ4v) is 5.52. The normalized spacial score (nSPS) is 36.5. The van der Waals surface area contributed by atoms with Crippen LogP contribution in [0.1, 0.15) is 22.8 Å². The summed E-state index contributed by atoms with van der Waals surface area (Å²) in [5, 5.41) is 73.7. The van der Waals surface area contributed by atoms with Gasteiger partial charge in [0.15, 0.2) is 18.0 Å². The summed E-state index contributed by atoms with van der Waals surface area (Å²) in [6.45, 7) is 0.300. The van der Waals surface area contributed by atoms with Crippen LogP contribution in [0.2, 0.25) is 0 Å². The van der Waals surface area contributed by atoms with Crippen LogP contribution >= 0.6 is 0 Å². The Bertz CT molecular complexity index is 1340. The van der Waals surface area contributed by atoms with Crippen LogP contribution < -0.4 is 18.9 Å². The van der Waals surface area contributed by atoms with Crippen molar-refractivity contribution in [2.45, 2.75) is 80.4 Å². The van der Waals surface area contributed by atoms with Crippen molar-refractivity contribution < 1.29 is 73.7 Å². The highest BCUT2D eigenvalue weighted by atomic mass is 16.8. The third kappa shape index (κ3) is 6.46. The third-order valence-electron chi connectivity index (χ3n) is 8.21. The van der Waals surface area contributed by atoms with Gasteiger partial charge in [0.25, 0.3) is 0 Å². The SMILES string of the molecule is COc1ccc(C[C@]2(O)COc3cc(OC)cc(O[C@@H]4O[C@H](CO)[C@@H](O)[C@H](O)[C@H]4O[C@H]4O[C@@H](C)[C@H](O)[C@@H](O)[C@H]4O)c3C2=O)cc1. The van der Waals surface area contributed by atoms with E-state index in [0.29, 0.717) is 11.3 Å². The number of carbonyl (C=O) groups excluding carboxylic acids is 1. The molecule has 0 aromatic heterocycles. The molecule has 45 heavy (non-hydrogen) atoms. The first-order valence-corrected chi connectivity index (χ1v) is 14.3. The first kappa shape index (κ1) is 33.3. The van der Waals surface area contributed by atoms with Crippen LogP contribution in [0.4, 0.5) is 0 Å². The molecule has 15 nitrogen and oxygen atoms in total. The number of aliphatic hydroxyl groups excluding tert-OH is 6. The van der Waals surface area contributed by atoms with Crippen molar-refractivity contribution in [2.75, 3.05) is 27.4 Å². The van der Waals surface area contributed by atoms with Crippen LogP contribution in [0.3, 0.4) is 0 Å². The Hall–Kier alpha value is -3.09. The standard InChI is InChI=1S/C30H38O15/c1-13-21(32)23(34)25(36)28(42-13)45-26-24(35)22(33)19(11-31)44-29(26)43-18-9-16(40-3)8-17-20(18)27(37)30(38,12-41-17)10-14-4-6-15(39-2)7-5-14/h4-9,13,19,21-26,28-29,31-36,38H,10-12H2,1-3H3/t13-,19+,21-,22+,23+,24-,25+,26+,28+,29+,30-/m0/s1. The van der Waals surface area contributed by atoms with E-state index in [4.69, 9.17) is 33.2 Å². The van der Waals surface area contributed by atoms with E-state index in [1.165, 1.54) is 33.3 Å². The molecule has 248 valence electrons. The molecule has 15 heteroatoms. The molecule has 0 aliphatic carbocycles. The summed E-state index contributed by atoms with van der Waals surface area (Å²) in [6, 6.07) is 9.51. The number of ketones is 1. The number of rotatable bonds is 9. The van der Waals surface area contributed by atoms with Gasteiger partial charge in [0.1, 0.15) is 71.8 Å². The largest absolute Gasteiger partial charge is 0.497 e. The zero-order valence-corrected chi connectivity index (χ0v) is 24.8. The molecule has 2 saturated heterocycles. The molecule has 2 aromatic carbocycles. The van der Waals surface area contributed by atoms with Crippen LogP contribution in [-0.4, -0.2) is 136 Å². The van der Waals surface area contributed by atoms with Crippen LogP contribution in [0.25, 0.3) is 0 Å². The number of benzene rings is 2. The summed E-state index contributed by atoms with van der Waals surface area (Å²) in [5.74, 6) is -0.147. The van der Waals surface area contributed by atoms with E-state index >= 15 is 0 Å². The van der Waals surface area contributed by atoms with Crippen molar-refractivity contribution in [2.24, 2.45) is 0 Å². The quantitative estimate of drug-likeness (QED) is 0.162. The van der Waals surface area contributed by atoms with E-state index in [-0.39, 0.29) is 35.8 Å². The summed E-state index contributed by atoms with van der Waals surface area (Å²) in [4.78, 5) is 13.9. The van der Waals surface area contributed by atoms with Crippen LogP contribution in [-0.2, 0) is 20.6 Å². The maximum atomic E-state index is 13.9. The number of hydrogen-bond donors (Lipinski definition) is 7. The van der Waals surface area contributed by atoms with Crippen LogP contribution in [0.5, 0.6) is 23.0 Å². The zero-order chi connectivity index (χ0) is 32.6. The van der Waals surface area contributed by atoms with Gasteiger partial charge in [-0.3, -0.25) is 4.79 Å². The maximum absolute atomic E-state index is 13.9. The molecule has 7 N–H and O–H groups in total. The zero-order valence-electron chi connectivity index (χ0n) is 24.8. The number of methoxy groups -OCH3 is 2. The van der Waals surface area contributed by atoms with E-state index in [0.717, 1.165) is 0 Å². The Morgan fingerprint density at radius 3 is 2.20 bits per heavy atom. The molecule has 0 amide bonds. The van der Waals surface area contributed by atoms with Gasteiger partial charge in [-0.25, -0.2) is 0 Å². The van der Waals surface area contributed by atoms with Gasteiger partial charge in [-0.1, -0.05) is 12.1 Å². The summed E-state index contributed by atoms with van der Waals surface area (Å²) in [6.07, 6.45) is -15.8. The van der Waals surface area contributed by atoms with Gasteiger partial charge in [-0.15, -0.1) is 0 Å². The Balaban J connectivity index is 1.47. The summed E-state index contributed by atoms with van der Waals surface area (Å²) in [7, 11) is 2.88. The fourth-order valence-electron chi connectivity index (χ4n) is 5.52. The van der Waals surface area contributed by atoms with Crippen molar-refractivity contribution in [1.29, 1.82) is 0 Å². The lowest BCUT2D eigenvalue weighted by Gasteiger charge is -2.45. The number of Topliss-reactive ketones (excluding diaryl/α,β-unsaturated/α-hetero) is 1. The van der Waals surface area contributed by atoms with Crippen molar-refractivity contribution in [3.05, 3.63) is 47.5 Å². The molecule has 0 radical (unpaired) electrons. The Morgan fingerprint density at radius 2 is 1.56 bits per heavy atom. The van der Waals surface area contributed by atoms with E-state index in [2.05, 4.69) is 0 Å². The minimum Gasteiger partial charge on any atom is -0.497 e. The van der Waals surface area contributed by atoms with E-state index in [1.807, 2.05) is 0 Å². The maximum Gasteiger partial charge on any atom is 0.229 e. The summed E-state index contributed by atoms with van der Waals surface area (Å²) >= 11 is 0. The predicted molar refractivity (Wildman–Crippen MR) is 150 cm³/mol. The third-order valence-corrected chi connectivity index (χ3v) is 8.21. The van der Waals surface area contributed by atoms with Gasteiger partial charge >= 0.3 is 0 Å². The average Bonchev–Trinajstić information content (AvgIpc) is 3.04. The smallest absolute Gasteiger partial charge is 0.229 e. The first-order chi connectivity index (χ1) is 21.4. The second-order valence-corrected chi connectivity index (χ2v) is 11.3. The molecule has 2 fully saturated rings. The first-order valence-electron chi connectivity index (χ1n) is 14.3. The Morgan fingerprint density at radius 1 is 0.867 bits per heavy atom. The predicted octanol–water partition coefficient (Wildman–Crippen LogP) is -1.72. The number of fused-ring (bicyclic) bond motifs is 1. The monoisotopic (exact) mass is 638 g/mol. The minimum absolute atomic E-state index is 0.0262. The van der Waals surface area contributed by atoms with Gasteiger partial charge in [-0.05, 0) is 24.6 Å². The highest BCUT2D eigenvalue weighted by Gasteiger charge is 2.52. The Kier molecular flexibility index (Phi) is 9.86. The highest BCUT2D eigenvalue weighted by Crippen LogP contribution is 2.42. The lowest BCUT2D eigenvalue weighted by molar-refractivity contribution is -0.354. The fraction of sp³-hybridized carbons (Fsp3) is 0.567. The van der Waals surface area contributed by atoms with Gasteiger partial charge in [0, 0.05) is 18.6 Å². The van der Waals surface area contributed by atoms with E-state index in [1.54, 1.807) is 24.3 Å². The molecule has 11 atom stereocenters. The molecule has 0 bridgehead atoms. The second-order valence-electron chi connectivity index (χ2n) is 11.3. The minimum atomic E-state index is -2.02. The lowest BCUT2D eigenvalue weighted by Crippen LogP contribution is -2.64. The van der Waals surface area contributed by atoms with Crippen molar-refractivity contribution in [3.63, 3.8) is 0 Å². The van der Waals surface area contributed by atoms with Gasteiger partial charge in [0.05, 0.1) is 26.9 Å². The number of ether oxygens (including phenoxy) is 7. The summed E-state index contributed by atoms with van der Waals surface area (Å²) < 4.78 is 39.4. The highest BCUT2D eigenvalue weighted by molar-refractivity contribution is 6.08. The number of hydrogen-bond acceptors (Lipinski definition) is 15. The van der Waals surface area contributed by atoms with Gasteiger partial charge in [0.2, 0.25) is 12.1 Å². The molecular formula is C30H38O15. The molecule has 0 unspecified atom stereocenters. The summed E-state index contributed by atoms with van der Waals surface area (Å²) in [5.41, 5.74) is -1.58. The molecule has 5 rings (SSSR count). The van der Waals surface area contributed by atoms with E-state index < -0.39 is 79.4 Å². The molecule has 3 aliphatic heterocycles. The van der Waals surface area contributed by atoms with Crippen LogP contribution in [0, 0.1) is 0 Å². The molecule has 3 aliphatic rings. The second kappa shape index (κ2) is 13.3. The molecular weight excluding hydrogens is 600 g/mol. The van der Waals surface area contributed by atoms with Gasteiger partial charge in [-0.2, -0.15) is 0 Å². The number of carbonyl (C=O) groups is 1.